The molecule has 1 atom stereocenters. The normalized spacial score (nSPS) is 18.4. The molecule has 5 heteroatoms. The fourth-order valence-corrected chi connectivity index (χ4v) is 1.82. The molecule has 0 saturated carbocycles. The van der Waals surface area contributed by atoms with Crippen LogP contribution in [0.4, 0.5) is 0 Å². The van der Waals surface area contributed by atoms with Crippen molar-refractivity contribution in [1.82, 2.24) is 5.32 Å². The molecule has 2 N–H and O–H groups in total. The lowest BCUT2D eigenvalue weighted by Gasteiger charge is -2.10. The molecule has 18 heavy (non-hydrogen) atoms. The van der Waals surface area contributed by atoms with Crippen molar-refractivity contribution in [3.05, 3.63) is 29.8 Å². The minimum Gasteiger partial charge on any atom is -0.508 e. The Morgan fingerprint density at radius 2 is 2.11 bits per heavy atom. The van der Waals surface area contributed by atoms with Gasteiger partial charge >= 0.3 is 5.97 Å². The maximum Gasteiger partial charge on any atom is 0.328 e. The van der Waals surface area contributed by atoms with Crippen LogP contribution in [-0.2, 0) is 20.7 Å². The SMILES string of the molecule is O=C1CCC(C(=O)OCCc2ccc(O)cc2)N1. The first kappa shape index (κ1) is 12.4. The van der Waals surface area contributed by atoms with Crippen LogP contribution in [0.15, 0.2) is 24.3 Å². The zero-order chi connectivity index (χ0) is 13.0. The van der Waals surface area contributed by atoms with Gasteiger partial charge in [0.15, 0.2) is 0 Å². The number of ether oxygens (including phenoxy) is 1. The van der Waals surface area contributed by atoms with E-state index in [2.05, 4.69) is 5.32 Å². The maximum atomic E-state index is 11.6. The summed E-state index contributed by atoms with van der Waals surface area (Å²) in [4.78, 5) is 22.5. The Balaban J connectivity index is 1.73. The van der Waals surface area contributed by atoms with Crippen LogP contribution in [0.5, 0.6) is 5.75 Å². The molecule has 2 rings (SSSR count). The highest BCUT2D eigenvalue weighted by Crippen LogP contribution is 2.11. The molecule has 0 radical (unpaired) electrons. The number of phenols is 1. The number of benzene rings is 1. The van der Waals surface area contributed by atoms with Crippen molar-refractivity contribution < 1.29 is 19.4 Å². The summed E-state index contributed by atoms with van der Waals surface area (Å²) in [5, 5.41) is 11.7. The number of amides is 1. The maximum absolute atomic E-state index is 11.6. The monoisotopic (exact) mass is 249 g/mol. The lowest BCUT2D eigenvalue weighted by molar-refractivity contribution is -0.146. The van der Waals surface area contributed by atoms with Crippen LogP contribution in [0.25, 0.3) is 0 Å². The van der Waals surface area contributed by atoms with E-state index in [4.69, 9.17) is 9.84 Å². The Morgan fingerprint density at radius 1 is 1.39 bits per heavy atom. The van der Waals surface area contributed by atoms with E-state index in [-0.39, 0.29) is 24.2 Å². The lowest BCUT2D eigenvalue weighted by Crippen LogP contribution is -2.34. The molecule has 5 nitrogen and oxygen atoms in total. The third-order valence-electron chi connectivity index (χ3n) is 2.85. The zero-order valence-corrected chi connectivity index (χ0v) is 9.89. The van der Waals surface area contributed by atoms with E-state index in [1.807, 2.05) is 0 Å². The standard InChI is InChI=1S/C13H15NO4/c15-10-3-1-9(2-4-10)7-8-18-13(17)11-5-6-12(16)14-11/h1-4,11,15H,5-8H2,(H,14,16). The summed E-state index contributed by atoms with van der Waals surface area (Å²) in [7, 11) is 0. The number of aromatic hydroxyl groups is 1. The third-order valence-corrected chi connectivity index (χ3v) is 2.85. The second-order valence-electron chi connectivity index (χ2n) is 4.24. The Labute approximate surface area is 105 Å². The van der Waals surface area contributed by atoms with Crippen LogP contribution in [0.2, 0.25) is 0 Å². The highest BCUT2D eigenvalue weighted by molar-refractivity contribution is 5.88. The van der Waals surface area contributed by atoms with Crippen molar-refractivity contribution in [3.63, 3.8) is 0 Å². The van der Waals surface area contributed by atoms with Crippen LogP contribution in [0.1, 0.15) is 18.4 Å². The average Bonchev–Trinajstić information content (AvgIpc) is 2.78. The minimum atomic E-state index is -0.489. The molecule has 1 saturated heterocycles. The predicted molar refractivity (Wildman–Crippen MR) is 63.9 cm³/mol. The smallest absolute Gasteiger partial charge is 0.328 e. The summed E-state index contributed by atoms with van der Waals surface area (Å²) in [6.07, 6.45) is 1.49. The average molecular weight is 249 g/mol. The third kappa shape index (κ3) is 3.23. The first-order valence-electron chi connectivity index (χ1n) is 5.89. The van der Waals surface area contributed by atoms with Gasteiger partial charge in [-0.25, -0.2) is 4.79 Å². The van der Waals surface area contributed by atoms with Crippen molar-refractivity contribution in [2.24, 2.45) is 0 Å². The van der Waals surface area contributed by atoms with Gasteiger partial charge in [0.1, 0.15) is 11.8 Å². The summed E-state index contributed by atoms with van der Waals surface area (Å²) in [5.41, 5.74) is 0.982. The summed E-state index contributed by atoms with van der Waals surface area (Å²) in [6.45, 7) is 0.274. The number of hydrogen-bond acceptors (Lipinski definition) is 4. The summed E-state index contributed by atoms with van der Waals surface area (Å²) in [6, 6.07) is 6.25. The number of phenolic OH excluding ortho intramolecular Hbond substituents is 1. The van der Waals surface area contributed by atoms with E-state index in [9.17, 15) is 9.59 Å². The van der Waals surface area contributed by atoms with E-state index < -0.39 is 6.04 Å². The molecule has 1 aliphatic rings. The van der Waals surface area contributed by atoms with Crippen LogP contribution < -0.4 is 5.32 Å². The van der Waals surface area contributed by atoms with E-state index in [1.54, 1.807) is 24.3 Å². The second kappa shape index (κ2) is 5.53. The molecular weight excluding hydrogens is 234 g/mol. The largest absolute Gasteiger partial charge is 0.508 e. The molecule has 0 aliphatic carbocycles. The molecule has 1 aliphatic heterocycles. The highest BCUT2D eigenvalue weighted by atomic mass is 16.5. The van der Waals surface area contributed by atoms with Crippen molar-refractivity contribution >= 4 is 11.9 Å². The van der Waals surface area contributed by atoms with Gasteiger partial charge in [-0.1, -0.05) is 12.1 Å². The summed E-state index contributed by atoms with van der Waals surface area (Å²) < 4.78 is 5.09. The van der Waals surface area contributed by atoms with Gasteiger partial charge < -0.3 is 15.2 Å². The number of nitrogens with one attached hydrogen (secondary N) is 1. The van der Waals surface area contributed by atoms with Crippen LogP contribution in [0.3, 0.4) is 0 Å². The first-order chi connectivity index (χ1) is 8.65. The molecule has 1 amide bonds. The summed E-state index contributed by atoms with van der Waals surface area (Å²) in [5.74, 6) is -0.264. The Morgan fingerprint density at radius 3 is 2.72 bits per heavy atom. The molecule has 0 aromatic heterocycles. The lowest BCUT2D eigenvalue weighted by atomic mass is 10.1. The molecule has 96 valence electrons. The number of hydrogen-bond donors (Lipinski definition) is 2. The van der Waals surface area contributed by atoms with Crippen molar-refractivity contribution in [1.29, 1.82) is 0 Å². The van der Waals surface area contributed by atoms with E-state index in [0.717, 1.165) is 5.56 Å². The van der Waals surface area contributed by atoms with Crippen molar-refractivity contribution in [2.75, 3.05) is 6.61 Å². The quantitative estimate of drug-likeness (QED) is 0.772. The van der Waals surface area contributed by atoms with Gasteiger partial charge in [0.25, 0.3) is 0 Å². The van der Waals surface area contributed by atoms with Gasteiger partial charge in [-0.15, -0.1) is 0 Å². The van der Waals surface area contributed by atoms with E-state index in [1.165, 1.54) is 0 Å². The topological polar surface area (TPSA) is 75.6 Å². The van der Waals surface area contributed by atoms with Crippen molar-refractivity contribution in [3.8, 4) is 5.75 Å². The number of esters is 1. The molecule has 1 aromatic carbocycles. The van der Waals surface area contributed by atoms with Gasteiger partial charge in [0, 0.05) is 12.8 Å². The molecule has 1 heterocycles. The molecule has 1 fully saturated rings. The number of carbonyl (C=O) groups excluding carboxylic acids is 2. The minimum absolute atomic E-state index is 0.101. The molecular formula is C13H15NO4. The Kier molecular flexibility index (Phi) is 3.82. The molecule has 1 unspecified atom stereocenters. The summed E-state index contributed by atoms with van der Waals surface area (Å²) >= 11 is 0. The molecule has 0 spiro atoms. The molecule has 0 bridgehead atoms. The highest BCUT2D eigenvalue weighted by Gasteiger charge is 2.28. The Bertz CT molecular complexity index is 441. The van der Waals surface area contributed by atoms with Gasteiger partial charge in [-0.3, -0.25) is 4.79 Å². The first-order valence-corrected chi connectivity index (χ1v) is 5.89. The van der Waals surface area contributed by atoms with Crippen LogP contribution in [-0.4, -0.2) is 29.6 Å². The van der Waals surface area contributed by atoms with E-state index >= 15 is 0 Å². The second-order valence-corrected chi connectivity index (χ2v) is 4.24. The zero-order valence-electron chi connectivity index (χ0n) is 9.89. The van der Waals surface area contributed by atoms with Crippen LogP contribution >= 0.6 is 0 Å². The van der Waals surface area contributed by atoms with E-state index in [0.29, 0.717) is 19.3 Å². The van der Waals surface area contributed by atoms with Gasteiger partial charge in [0.05, 0.1) is 6.61 Å². The van der Waals surface area contributed by atoms with Gasteiger partial charge in [-0.05, 0) is 24.1 Å². The fraction of sp³-hybridized carbons (Fsp3) is 0.385. The van der Waals surface area contributed by atoms with Gasteiger partial charge in [0.2, 0.25) is 5.91 Å². The number of carbonyl (C=O) groups is 2. The van der Waals surface area contributed by atoms with Crippen molar-refractivity contribution in [2.45, 2.75) is 25.3 Å². The Hall–Kier alpha value is -2.04. The number of rotatable bonds is 4. The van der Waals surface area contributed by atoms with Crippen LogP contribution in [0, 0.1) is 0 Å². The molecule has 1 aromatic rings. The van der Waals surface area contributed by atoms with Gasteiger partial charge in [-0.2, -0.15) is 0 Å². The predicted octanol–water partition coefficient (Wildman–Crippen LogP) is 0.756. The fourth-order valence-electron chi connectivity index (χ4n) is 1.82.